The summed E-state index contributed by atoms with van der Waals surface area (Å²) in [4.78, 5) is 15.4. The Labute approximate surface area is 141 Å². The largest absolute Gasteiger partial charge is 0.421 e. The zero-order valence-corrected chi connectivity index (χ0v) is 14.0. The van der Waals surface area contributed by atoms with Crippen LogP contribution < -0.4 is 5.32 Å². The molecular formula is C18H22N4O2. The average molecular weight is 326 g/mol. The summed E-state index contributed by atoms with van der Waals surface area (Å²) in [5.74, 6) is 1.67. The van der Waals surface area contributed by atoms with Crippen LogP contribution in [-0.4, -0.2) is 27.1 Å². The molecule has 1 aliphatic carbocycles. The number of aryl methyl sites for hydroxylation is 1. The van der Waals surface area contributed by atoms with Gasteiger partial charge in [0.1, 0.15) is 0 Å². The fourth-order valence-corrected chi connectivity index (χ4v) is 3.16. The predicted octanol–water partition coefficient (Wildman–Crippen LogP) is 2.79. The van der Waals surface area contributed by atoms with Crippen molar-refractivity contribution in [3.8, 4) is 0 Å². The Morgan fingerprint density at radius 3 is 3.04 bits per heavy atom. The van der Waals surface area contributed by atoms with E-state index in [1.807, 2.05) is 25.1 Å². The number of hydrogen-bond donors (Lipinski definition) is 1. The fraction of sp³-hybridized carbons (Fsp3) is 0.444. The number of carbonyl (C=O) groups is 1. The molecular weight excluding hydrogens is 304 g/mol. The van der Waals surface area contributed by atoms with Gasteiger partial charge in [0, 0.05) is 31.7 Å². The molecule has 1 amide bonds. The van der Waals surface area contributed by atoms with E-state index in [2.05, 4.69) is 20.5 Å². The molecule has 0 bridgehead atoms. The summed E-state index contributed by atoms with van der Waals surface area (Å²) in [6.07, 6.45) is 9.27. The number of nitrogens with zero attached hydrogens (tertiary/aromatic N) is 3. The highest BCUT2D eigenvalue weighted by Crippen LogP contribution is 2.28. The third-order valence-electron chi connectivity index (χ3n) is 4.33. The summed E-state index contributed by atoms with van der Waals surface area (Å²) < 4.78 is 5.70. The highest BCUT2D eigenvalue weighted by molar-refractivity contribution is 5.73. The highest BCUT2D eigenvalue weighted by atomic mass is 16.4. The second kappa shape index (κ2) is 7.38. The third kappa shape index (κ3) is 4.28. The molecule has 2 heterocycles. The number of carbonyl (C=O) groups excluding carboxylic acids is 1. The van der Waals surface area contributed by atoms with Crippen LogP contribution in [0.15, 0.2) is 22.7 Å². The molecule has 6 nitrogen and oxygen atoms in total. The third-order valence-corrected chi connectivity index (χ3v) is 4.33. The first-order chi connectivity index (χ1) is 11.6. The zero-order valence-electron chi connectivity index (χ0n) is 14.0. The van der Waals surface area contributed by atoms with Gasteiger partial charge in [-0.1, -0.05) is 6.07 Å². The van der Waals surface area contributed by atoms with Gasteiger partial charge in [0.2, 0.25) is 17.7 Å². The first-order valence-electron chi connectivity index (χ1n) is 8.29. The van der Waals surface area contributed by atoms with Crippen LogP contribution in [0.1, 0.15) is 49.2 Å². The first-order valence-corrected chi connectivity index (χ1v) is 8.29. The van der Waals surface area contributed by atoms with Gasteiger partial charge < -0.3 is 9.73 Å². The van der Waals surface area contributed by atoms with Gasteiger partial charge >= 0.3 is 0 Å². The van der Waals surface area contributed by atoms with E-state index in [0.717, 1.165) is 36.9 Å². The second-order valence-corrected chi connectivity index (χ2v) is 6.35. The topological polar surface area (TPSA) is 80.9 Å². The minimum Gasteiger partial charge on any atom is -0.421 e. The van der Waals surface area contributed by atoms with E-state index in [-0.39, 0.29) is 11.9 Å². The monoisotopic (exact) mass is 326 g/mol. The molecule has 126 valence electrons. The highest BCUT2D eigenvalue weighted by Gasteiger charge is 2.26. The molecule has 1 aliphatic rings. The Bertz CT molecular complexity index is 738. The lowest BCUT2D eigenvalue weighted by Crippen LogP contribution is -2.30. The summed E-state index contributed by atoms with van der Waals surface area (Å²) in [5, 5.41) is 11.2. The maximum Gasteiger partial charge on any atom is 0.240 e. The van der Waals surface area contributed by atoms with Gasteiger partial charge in [-0.3, -0.25) is 9.78 Å². The molecule has 1 saturated carbocycles. The number of amides is 1. The number of nitrogens with one attached hydrogen (secondary N) is 1. The predicted molar refractivity (Wildman–Crippen MR) is 90.8 cm³/mol. The van der Waals surface area contributed by atoms with Crippen molar-refractivity contribution in [2.45, 2.75) is 45.6 Å². The molecule has 0 spiro atoms. The molecule has 0 aromatic carbocycles. The van der Waals surface area contributed by atoms with Gasteiger partial charge in [-0.05, 0) is 49.8 Å². The molecule has 0 radical (unpaired) electrons. The fourth-order valence-electron chi connectivity index (χ4n) is 3.16. The van der Waals surface area contributed by atoms with Gasteiger partial charge in [0.15, 0.2) is 0 Å². The molecule has 3 rings (SSSR count). The van der Waals surface area contributed by atoms with E-state index in [9.17, 15) is 4.79 Å². The van der Waals surface area contributed by atoms with Gasteiger partial charge in [-0.15, -0.1) is 10.2 Å². The minimum atomic E-state index is 0.0377. The van der Waals surface area contributed by atoms with Crippen LogP contribution in [0.2, 0.25) is 0 Å². The summed E-state index contributed by atoms with van der Waals surface area (Å²) >= 11 is 0. The van der Waals surface area contributed by atoms with Crippen LogP contribution in [0.25, 0.3) is 12.2 Å². The standard InChI is InChI=1S/C18H22N4O2/c1-12-4-3-9-19-16(12)7-8-17-21-22-18(24-17)11-14-5-6-15(10-14)20-13(2)23/h3-4,7-9,14-15H,5-6,10-11H2,1-2H3,(H,20,23)/b8-7+/t14-,15+/m1/s1. The summed E-state index contributed by atoms with van der Waals surface area (Å²) in [5.41, 5.74) is 2.00. The Morgan fingerprint density at radius 2 is 2.25 bits per heavy atom. The maximum atomic E-state index is 11.1. The smallest absolute Gasteiger partial charge is 0.240 e. The van der Waals surface area contributed by atoms with Crippen molar-refractivity contribution in [3.05, 3.63) is 41.4 Å². The van der Waals surface area contributed by atoms with Crippen LogP contribution in [0.5, 0.6) is 0 Å². The quantitative estimate of drug-likeness (QED) is 0.914. The lowest BCUT2D eigenvalue weighted by atomic mass is 10.0. The first kappa shape index (κ1) is 16.4. The molecule has 0 unspecified atom stereocenters. The molecule has 1 N–H and O–H groups in total. The molecule has 0 saturated heterocycles. The summed E-state index contributed by atoms with van der Waals surface area (Å²) in [7, 11) is 0. The maximum absolute atomic E-state index is 11.1. The summed E-state index contributed by atoms with van der Waals surface area (Å²) in [6.45, 7) is 3.57. The van der Waals surface area contributed by atoms with Gasteiger partial charge in [-0.2, -0.15) is 0 Å². The molecule has 0 aliphatic heterocycles. The van der Waals surface area contributed by atoms with Crippen molar-refractivity contribution in [3.63, 3.8) is 0 Å². The summed E-state index contributed by atoms with van der Waals surface area (Å²) in [6, 6.07) is 4.20. The SMILES string of the molecule is CC(=O)N[C@H]1CC[C@@H](Cc2nnc(/C=C/c3ncccc3C)o2)C1. The minimum absolute atomic E-state index is 0.0377. The number of hydrogen-bond acceptors (Lipinski definition) is 5. The van der Waals surface area contributed by atoms with E-state index >= 15 is 0 Å². The Kier molecular flexibility index (Phi) is 5.03. The van der Waals surface area contributed by atoms with Crippen molar-refractivity contribution >= 4 is 18.1 Å². The Hall–Kier alpha value is -2.50. The van der Waals surface area contributed by atoms with Crippen molar-refractivity contribution < 1.29 is 9.21 Å². The number of rotatable bonds is 5. The van der Waals surface area contributed by atoms with Gasteiger partial charge in [-0.25, -0.2) is 0 Å². The van der Waals surface area contributed by atoms with E-state index in [1.165, 1.54) is 0 Å². The van der Waals surface area contributed by atoms with E-state index in [0.29, 0.717) is 17.7 Å². The van der Waals surface area contributed by atoms with Crippen molar-refractivity contribution in [1.82, 2.24) is 20.5 Å². The van der Waals surface area contributed by atoms with Crippen LogP contribution in [0.4, 0.5) is 0 Å². The molecule has 2 aromatic heterocycles. The molecule has 6 heteroatoms. The molecule has 24 heavy (non-hydrogen) atoms. The normalized spacial score (nSPS) is 20.6. The van der Waals surface area contributed by atoms with Crippen LogP contribution in [0.3, 0.4) is 0 Å². The molecule has 2 aromatic rings. The molecule has 2 atom stereocenters. The van der Waals surface area contributed by atoms with Crippen LogP contribution >= 0.6 is 0 Å². The number of aromatic nitrogens is 3. The second-order valence-electron chi connectivity index (χ2n) is 6.35. The van der Waals surface area contributed by atoms with Crippen molar-refractivity contribution in [2.75, 3.05) is 0 Å². The van der Waals surface area contributed by atoms with E-state index in [4.69, 9.17) is 4.42 Å². The van der Waals surface area contributed by atoms with Crippen LogP contribution in [-0.2, 0) is 11.2 Å². The zero-order chi connectivity index (χ0) is 16.9. The van der Waals surface area contributed by atoms with E-state index in [1.54, 1.807) is 19.2 Å². The van der Waals surface area contributed by atoms with Gasteiger partial charge in [0.25, 0.3) is 0 Å². The Balaban J connectivity index is 1.56. The average Bonchev–Trinajstić information content (AvgIpc) is 3.16. The molecule has 1 fully saturated rings. The van der Waals surface area contributed by atoms with Crippen LogP contribution in [0, 0.1) is 12.8 Å². The van der Waals surface area contributed by atoms with Gasteiger partial charge in [0.05, 0.1) is 5.69 Å². The van der Waals surface area contributed by atoms with E-state index < -0.39 is 0 Å². The lowest BCUT2D eigenvalue weighted by molar-refractivity contribution is -0.119. The number of pyridine rings is 1. The lowest BCUT2D eigenvalue weighted by Gasteiger charge is -2.10. The Morgan fingerprint density at radius 1 is 1.38 bits per heavy atom. The van der Waals surface area contributed by atoms with Crippen molar-refractivity contribution in [2.24, 2.45) is 5.92 Å². The van der Waals surface area contributed by atoms with Crippen molar-refractivity contribution in [1.29, 1.82) is 0 Å².